The fourth-order valence-electron chi connectivity index (χ4n) is 5.32. The maximum atomic E-state index is 11.8. The van der Waals surface area contributed by atoms with Crippen molar-refractivity contribution in [3.05, 3.63) is 42.0 Å². The summed E-state index contributed by atoms with van der Waals surface area (Å²) in [5, 5.41) is 3.03. The Labute approximate surface area is 191 Å². The van der Waals surface area contributed by atoms with Gasteiger partial charge in [0.2, 0.25) is 5.91 Å². The topological polar surface area (TPSA) is 80.2 Å². The van der Waals surface area contributed by atoms with Gasteiger partial charge in [-0.3, -0.25) is 14.7 Å². The van der Waals surface area contributed by atoms with Gasteiger partial charge in [0.15, 0.2) is 5.82 Å². The summed E-state index contributed by atoms with van der Waals surface area (Å²) in [4.78, 5) is 28.6. The molecule has 1 amide bonds. The molecule has 0 aromatic carbocycles. The SMILES string of the molecule is CCC(CC)c1cc([C@@H]2CN3CC[C@H]2C[C@@H]3CNC(=O)COC)nc(-c2ccncc2)n1. The maximum absolute atomic E-state index is 11.8. The largest absolute Gasteiger partial charge is 0.375 e. The molecule has 7 nitrogen and oxygen atoms in total. The van der Waals surface area contributed by atoms with E-state index in [4.69, 9.17) is 14.7 Å². The smallest absolute Gasteiger partial charge is 0.246 e. The van der Waals surface area contributed by atoms with Gasteiger partial charge < -0.3 is 10.1 Å². The van der Waals surface area contributed by atoms with Crippen molar-refractivity contribution >= 4 is 5.91 Å². The molecule has 7 heteroatoms. The third kappa shape index (κ3) is 4.99. The molecule has 5 rings (SSSR count). The van der Waals surface area contributed by atoms with Crippen molar-refractivity contribution in [3.8, 4) is 11.4 Å². The van der Waals surface area contributed by atoms with Crippen LogP contribution in [0.1, 0.15) is 62.8 Å². The number of methoxy groups -OCH3 is 1. The predicted octanol–water partition coefficient (Wildman–Crippen LogP) is 3.38. The van der Waals surface area contributed by atoms with E-state index >= 15 is 0 Å². The van der Waals surface area contributed by atoms with Crippen LogP contribution in [0.4, 0.5) is 0 Å². The Bertz CT molecular complexity index is 902. The molecule has 3 saturated heterocycles. The average molecular weight is 438 g/mol. The molecule has 0 radical (unpaired) electrons. The molecule has 2 bridgehead atoms. The van der Waals surface area contributed by atoms with E-state index in [9.17, 15) is 4.79 Å². The maximum Gasteiger partial charge on any atom is 0.246 e. The molecule has 2 aromatic heterocycles. The molecule has 3 aliphatic rings. The van der Waals surface area contributed by atoms with E-state index in [2.05, 4.69) is 35.1 Å². The zero-order valence-electron chi connectivity index (χ0n) is 19.5. The van der Waals surface area contributed by atoms with E-state index in [1.165, 1.54) is 12.1 Å². The quantitative estimate of drug-likeness (QED) is 0.648. The zero-order chi connectivity index (χ0) is 22.5. The Morgan fingerprint density at radius 1 is 1.25 bits per heavy atom. The first kappa shape index (κ1) is 22.8. The van der Waals surface area contributed by atoms with Gasteiger partial charge in [-0.15, -0.1) is 0 Å². The van der Waals surface area contributed by atoms with Crippen molar-refractivity contribution in [2.24, 2.45) is 5.92 Å². The van der Waals surface area contributed by atoms with Gasteiger partial charge >= 0.3 is 0 Å². The molecule has 0 aliphatic carbocycles. The fraction of sp³-hybridized carbons (Fsp3) is 0.600. The van der Waals surface area contributed by atoms with Gasteiger partial charge in [-0.1, -0.05) is 13.8 Å². The summed E-state index contributed by atoms with van der Waals surface area (Å²) in [6.45, 7) is 7.36. The van der Waals surface area contributed by atoms with E-state index in [-0.39, 0.29) is 12.5 Å². The number of nitrogens with one attached hydrogen (secondary N) is 1. The van der Waals surface area contributed by atoms with Crippen LogP contribution in [-0.2, 0) is 9.53 Å². The zero-order valence-corrected chi connectivity index (χ0v) is 19.5. The summed E-state index contributed by atoms with van der Waals surface area (Å²) >= 11 is 0. The second-order valence-electron chi connectivity index (χ2n) is 9.07. The van der Waals surface area contributed by atoms with E-state index in [1.54, 1.807) is 19.5 Å². The van der Waals surface area contributed by atoms with Crippen LogP contribution in [0.25, 0.3) is 11.4 Å². The standard InChI is InChI=1S/C25H35N5O2/c1-4-17(5-2)22-13-23(29-25(28-22)18-6-9-26-10-7-18)21-15-30-11-8-19(21)12-20(30)14-27-24(31)16-32-3/h6-7,9-10,13,17,19-21H,4-5,8,11-12,14-16H2,1-3H3,(H,27,31)/t19-,20+,21+/m0/s1. The Hall–Kier alpha value is -2.38. The minimum Gasteiger partial charge on any atom is -0.375 e. The van der Waals surface area contributed by atoms with Gasteiger partial charge in [0.05, 0.1) is 0 Å². The molecule has 5 heterocycles. The molecule has 1 N–H and O–H groups in total. The molecule has 4 atom stereocenters. The Kier molecular flexibility index (Phi) is 7.48. The number of piperidine rings is 3. The molecular weight excluding hydrogens is 402 g/mol. The highest BCUT2D eigenvalue weighted by atomic mass is 16.5. The summed E-state index contributed by atoms with van der Waals surface area (Å²) in [7, 11) is 1.55. The highest BCUT2D eigenvalue weighted by Gasteiger charge is 2.41. The van der Waals surface area contributed by atoms with Gasteiger partial charge in [-0.2, -0.15) is 0 Å². The number of fused-ring (bicyclic) bond motifs is 3. The van der Waals surface area contributed by atoms with Crippen molar-refractivity contribution in [3.63, 3.8) is 0 Å². The van der Waals surface area contributed by atoms with Gasteiger partial charge in [0.1, 0.15) is 6.61 Å². The molecule has 3 aliphatic heterocycles. The van der Waals surface area contributed by atoms with E-state index in [1.807, 2.05) is 12.1 Å². The van der Waals surface area contributed by atoms with Crippen LogP contribution in [0.5, 0.6) is 0 Å². The fourth-order valence-corrected chi connectivity index (χ4v) is 5.32. The number of hydrogen-bond donors (Lipinski definition) is 1. The van der Waals surface area contributed by atoms with Crippen molar-refractivity contribution in [1.82, 2.24) is 25.2 Å². The van der Waals surface area contributed by atoms with Crippen LogP contribution in [0.3, 0.4) is 0 Å². The van der Waals surface area contributed by atoms with E-state index in [0.29, 0.717) is 30.3 Å². The van der Waals surface area contributed by atoms with Crippen LogP contribution in [0.2, 0.25) is 0 Å². The number of aromatic nitrogens is 3. The Morgan fingerprint density at radius 3 is 2.69 bits per heavy atom. The molecule has 0 spiro atoms. The van der Waals surface area contributed by atoms with Crippen LogP contribution in [0, 0.1) is 5.92 Å². The summed E-state index contributed by atoms with van der Waals surface area (Å²) in [6, 6.07) is 6.64. The first-order valence-corrected chi connectivity index (χ1v) is 11.9. The average Bonchev–Trinajstić information content (AvgIpc) is 2.84. The van der Waals surface area contributed by atoms with E-state index in [0.717, 1.165) is 49.4 Å². The summed E-state index contributed by atoms with van der Waals surface area (Å²) in [6.07, 6.45) is 8.03. The highest BCUT2D eigenvalue weighted by Crippen LogP contribution is 2.42. The molecular formula is C25H35N5O2. The monoisotopic (exact) mass is 437 g/mol. The van der Waals surface area contributed by atoms with Crippen molar-refractivity contribution in [2.45, 2.75) is 57.4 Å². The van der Waals surface area contributed by atoms with Gasteiger partial charge in [0, 0.05) is 67.4 Å². The van der Waals surface area contributed by atoms with Crippen LogP contribution < -0.4 is 5.32 Å². The normalized spacial score (nSPS) is 24.6. The van der Waals surface area contributed by atoms with Crippen LogP contribution in [-0.4, -0.2) is 65.2 Å². The lowest BCUT2D eigenvalue weighted by Gasteiger charge is -2.49. The van der Waals surface area contributed by atoms with Crippen molar-refractivity contribution in [1.29, 1.82) is 0 Å². The lowest BCUT2D eigenvalue weighted by Crippen LogP contribution is -2.56. The number of carbonyl (C=O) groups is 1. The minimum absolute atomic E-state index is 0.0423. The third-order valence-corrected chi connectivity index (χ3v) is 7.18. The number of nitrogens with zero attached hydrogens (tertiary/aromatic N) is 4. The molecule has 1 unspecified atom stereocenters. The number of carbonyl (C=O) groups excluding carboxylic acids is 1. The molecule has 3 fully saturated rings. The minimum atomic E-state index is -0.0423. The van der Waals surface area contributed by atoms with Gasteiger partial charge in [-0.25, -0.2) is 9.97 Å². The first-order chi connectivity index (χ1) is 15.6. The summed E-state index contributed by atoms with van der Waals surface area (Å²) in [5.41, 5.74) is 3.35. The predicted molar refractivity (Wildman–Crippen MR) is 124 cm³/mol. The van der Waals surface area contributed by atoms with Crippen LogP contribution in [0.15, 0.2) is 30.6 Å². The number of rotatable bonds is 9. The highest BCUT2D eigenvalue weighted by molar-refractivity contribution is 5.77. The van der Waals surface area contributed by atoms with Crippen LogP contribution >= 0.6 is 0 Å². The third-order valence-electron chi connectivity index (χ3n) is 7.18. The number of hydrogen-bond acceptors (Lipinski definition) is 6. The Morgan fingerprint density at radius 2 is 2.03 bits per heavy atom. The second kappa shape index (κ2) is 10.5. The molecule has 2 aromatic rings. The summed E-state index contributed by atoms with van der Waals surface area (Å²) < 4.78 is 4.93. The lowest BCUT2D eigenvalue weighted by atomic mass is 9.74. The first-order valence-electron chi connectivity index (χ1n) is 11.9. The number of ether oxygens (including phenoxy) is 1. The summed E-state index contributed by atoms with van der Waals surface area (Å²) in [5.74, 6) is 2.21. The van der Waals surface area contributed by atoms with Gasteiger partial charge in [-0.05, 0) is 56.3 Å². The van der Waals surface area contributed by atoms with E-state index < -0.39 is 0 Å². The Balaban J connectivity index is 1.57. The van der Waals surface area contributed by atoms with Gasteiger partial charge in [0.25, 0.3) is 0 Å². The van der Waals surface area contributed by atoms with Crippen molar-refractivity contribution in [2.75, 3.05) is 33.4 Å². The van der Waals surface area contributed by atoms with Crippen molar-refractivity contribution < 1.29 is 9.53 Å². The second-order valence-corrected chi connectivity index (χ2v) is 9.07. The molecule has 32 heavy (non-hydrogen) atoms. The number of amides is 1. The lowest BCUT2D eigenvalue weighted by molar-refractivity contribution is -0.125. The molecule has 172 valence electrons. The molecule has 0 saturated carbocycles. The number of pyridine rings is 1.